The minimum atomic E-state index is -0.0915. The molecule has 0 saturated carbocycles. The number of hydrogen-bond donors (Lipinski definition) is 1. The minimum absolute atomic E-state index is 0.0186. The Morgan fingerprint density at radius 2 is 2.04 bits per heavy atom. The molecule has 0 aliphatic heterocycles. The van der Waals surface area contributed by atoms with Crippen LogP contribution in [0.25, 0.3) is 0 Å². The monoisotopic (exact) mass is 357 g/mol. The molecule has 6 nitrogen and oxygen atoms in total. The second-order valence-corrected chi connectivity index (χ2v) is 7.26. The fourth-order valence-corrected chi connectivity index (χ4v) is 3.94. The van der Waals surface area contributed by atoms with Crippen molar-refractivity contribution in [2.24, 2.45) is 7.05 Å². The first-order valence-corrected chi connectivity index (χ1v) is 9.11. The first-order valence-electron chi connectivity index (χ1n) is 8.23. The maximum absolute atomic E-state index is 12.7. The molecular weight excluding hydrogens is 334 g/mol. The maximum Gasteiger partial charge on any atom is 0.255 e. The number of carbonyl (C=O) groups excluding carboxylic acids is 1. The van der Waals surface area contributed by atoms with Crippen LogP contribution in [0.4, 0.5) is 0 Å². The van der Waals surface area contributed by atoms with Gasteiger partial charge in [0.15, 0.2) is 0 Å². The lowest BCUT2D eigenvalue weighted by Gasteiger charge is -2.19. The molecule has 3 aromatic heterocycles. The van der Waals surface area contributed by atoms with Crippen molar-refractivity contribution in [1.29, 1.82) is 0 Å². The predicted octanol–water partition coefficient (Wildman–Crippen LogP) is 2.93. The Morgan fingerprint density at radius 1 is 1.28 bits per heavy atom. The fourth-order valence-electron chi connectivity index (χ4n) is 3.13. The van der Waals surface area contributed by atoms with Gasteiger partial charge < -0.3 is 5.32 Å². The highest BCUT2D eigenvalue weighted by Gasteiger charge is 2.22. The standard InChI is InChI=1S/C18H23N5OS/c1-11-9-12(2)23(20-11)15(16-7-6-8-25-16)10-19-18(24)17-13(3)21-22(5)14(17)4/h6-9,15H,10H2,1-5H3,(H,19,24). The third-order valence-electron chi connectivity index (χ3n) is 4.40. The fraction of sp³-hybridized carbons (Fsp3) is 0.389. The summed E-state index contributed by atoms with van der Waals surface area (Å²) in [6.45, 7) is 8.27. The molecule has 1 unspecified atom stereocenters. The zero-order valence-corrected chi connectivity index (χ0v) is 16.0. The number of aryl methyl sites for hydroxylation is 4. The van der Waals surface area contributed by atoms with E-state index in [1.807, 2.05) is 50.9 Å². The van der Waals surface area contributed by atoms with Gasteiger partial charge in [0.05, 0.1) is 17.0 Å². The topological polar surface area (TPSA) is 64.7 Å². The first-order chi connectivity index (χ1) is 11.9. The van der Waals surface area contributed by atoms with Crippen molar-refractivity contribution in [3.63, 3.8) is 0 Å². The van der Waals surface area contributed by atoms with Gasteiger partial charge in [0.25, 0.3) is 5.91 Å². The van der Waals surface area contributed by atoms with Gasteiger partial charge in [-0.05, 0) is 45.2 Å². The summed E-state index contributed by atoms with van der Waals surface area (Å²) < 4.78 is 3.73. The van der Waals surface area contributed by atoms with E-state index in [-0.39, 0.29) is 11.9 Å². The van der Waals surface area contributed by atoms with Crippen molar-refractivity contribution in [3.8, 4) is 0 Å². The van der Waals surface area contributed by atoms with Crippen LogP contribution in [0.3, 0.4) is 0 Å². The molecule has 1 amide bonds. The second-order valence-electron chi connectivity index (χ2n) is 6.28. The zero-order valence-electron chi connectivity index (χ0n) is 15.2. The van der Waals surface area contributed by atoms with E-state index in [1.165, 1.54) is 4.88 Å². The molecule has 0 aliphatic rings. The van der Waals surface area contributed by atoms with Gasteiger partial charge in [0, 0.05) is 29.9 Å². The summed E-state index contributed by atoms with van der Waals surface area (Å²) in [5, 5.41) is 14.1. The van der Waals surface area contributed by atoms with Gasteiger partial charge in [0.1, 0.15) is 6.04 Å². The molecule has 0 bridgehead atoms. The summed E-state index contributed by atoms with van der Waals surface area (Å²) in [5.74, 6) is -0.0915. The molecule has 3 rings (SSSR count). The van der Waals surface area contributed by atoms with Crippen LogP contribution in [0.1, 0.15) is 44.1 Å². The summed E-state index contributed by atoms with van der Waals surface area (Å²) in [7, 11) is 1.85. The lowest BCUT2D eigenvalue weighted by Crippen LogP contribution is -2.32. The lowest BCUT2D eigenvalue weighted by molar-refractivity contribution is 0.0948. The number of rotatable bonds is 5. The highest BCUT2D eigenvalue weighted by molar-refractivity contribution is 7.10. The van der Waals surface area contributed by atoms with E-state index < -0.39 is 0 Å². The molecule has 0 fully saturated rings. The van der Waals surface area contributed by atoms with Crippen LogP contribution >= 0.6 is 11.3 Å². The Labute approximate surface area is 151 Å². The number of hydrogen-bond acceptors (Lipinski definition) is 4. The molecule has 1 atom stereocenters. The number of nitrogens with zero attached hydrogens (tertiary/aromatic N) is 4. The number of carbonyl (C=O) groups is 1. The lowest BCUT2D eigenvalue weighted by atomic mass is 10.1. The van der Waals surface area contributed by atoms with Crippen molar-refractivity contribution in [2.45, 2.75) is 33.7 Å². The van der Waals surface area contributed by atoms with Gasteiger partial charge in [-0.3, -0.25) is 14.2 Å². The van der Waals surface area contributed by atoms with Gasteiger partial charge in [-0.25, -0.2) is 0 Å². The quantitative estimate of drug-likeness (QED) is 0.763. The molecule has 0 aliphatic carbocycles. The van der Waals surface area contributed by atoms with Crippen LogP contribution in [0.15, 0.2) is 23.6 Å². The zero-order chi connectivity index (χ0) is 18.1. The van der Waals surface area contributed by atoms with Crippen molar-refractivity contribution in [2.75, 3.05) is 6.54 Å². The predicted molar refractivity (Wildman–Crippen MR) is 99.2 cm³/mol. The van der Waals surface area contributed by atoms with Crippen molar-refractivity contribution >= 4 is 17.2 Å². The summed E-state index contributed by atoms with van der Waals surface area (Å²) in [6.07, 6.45) is 0. The first kappa shape index (κ1) is 17.4. The molecule has 3 heterocycles. The average molecular weight is 357 g/mol. The third kappa shape index (κ3) is 3.37. The molecule has 3 aromatic rings. The Hall–Kier alpha value is -2.41. The third-order valence-corrected chi connectivity index (χ3v) is 5.38. The van der Waals surface area contributed by atoms with E-state index in [4.69, 9.17) is 0 Å². The molecule has 1 N–H and O–H groups in total. The molecule has 0 spiro atoms. The smallest absolute Gasteiger partial charge is 0.255 e. The Kier molecular flexibility index (Phi) is 4.76. The summed E-state index contributed by atoms with van der Waals surface area (Å²) >= 11 is 1.67. The summed E-state index contributed by atoms with van der Waals surface area (Å²) in [4.78, 5) is 13.9. The van der Waals surface area contributed by atoms with Crippen molar-refractivity contribution < 1.29 is 4.79 Å². The van der Waals surface area contributed by atoms with Crippen LogP contribution in [0.5, 0.6) is 0 Å². The van der Waals surface area contributed by atoms with Crippen LogP contribution in [-0.4, -0.2) is 32.0 Å². The van der Waals surface area contributed by atoms with Gasteiger partial charge in [-0.1, -0.05) is 6.07 Å². The van der Waals surface area contributed by atoms with E-state index in [1.54, 1.807) is 16.0 Å². The SMILES string of the molecule is Cc1cc(C)n(C(CNC(=O)c2c(C)nn(C)c2C)c2cccs2)n1. The van der Waals surface area contributed by atoms with E-state index >= 15 is 0 Å². The van der Waals surface area contributed by atoms with Gasteiger partial charge >= 0.3 is 0 Å². The Bertz CT molecular complexity index is 891. The molecular formula is C18H23N5OS. The molecule has 7 heteroatoms. The van der Waals surface area contributed by atoms with Gasteiger partial charge in [-0.2, -0.15) is 10.2 Å². The average Bonchev–Trinajstić information content (AvgIpc) is 3.23. The molecule has 0 radical (unpaired) electrons. The summed E-state index contributed by atoms with van der Waals surface area (Å²) in [6, 6.07) is 6.14. The number of thiophene rings is 1. The van der Waals surface area contributed by atoms with Crippen LogP contribution in [0.2, 0.25) is 0 Å². The van der Waals surface area contributed by atoms with E-state index in [0.717, 1.165) is 22.8 Å². The maximum atomic E-state index is 12.7. The molecule has 0 saturated heterocycles. The van der Waals surface area contributed by atoms with Crippen molar-refractivity contribution in [3.05, 3.63) is 56.8 Å². The molecule has 25 heavy (non-hydrogen) atoms. The van der Waals surface area contributed by atoms with E-state index in [0.29, 0.717) is 12.1 Å². The largest absolute Gasteiger partial charge is 0.349 e. The van der Waals surface area contributed by atoms with Crippen LogP contribution in [-0.2, 0) is 7.05 Å². The van der Waals surface area contributed by atoms with Gasteiger partial charge in [0.2, 0.25) is 0 Å². The van der Waals surface area contributed by atoms with Gasteiger partial charge in [-0.15, -0.1) is 11.3 Å². The highest BCUT2D eigenvalue weighted by Crippen LogP contribution is 2.24. The van der Waals surface area contributed by atoms with E-state index in [2.05, 4.69) is 27.6 Å². The van der Waals surface area contributed by atoms with Crippen molar-refractivity contribution in [1.82, 2.24) is 24.9 Å². The number of nitrogens with one attached hydrogen (secondary N) is 1. The summed E-state index contributed by atoms with van der Waals surface area (Å²) in [5.41, 5.74) is 4.33. The van der Waals surface area contributed by atoms with Crippen LogP contribution in [0, 0.1) is 27.7 Å². The Morgan fingerprint density at radius 3 is 2.56 bits per heavy atom. The van der Waals surface area contributed by atoms with E-state index in [9.17, 15) is 4.79 Å². The van der Waals surface area contributed by atoms with Crippen LogP contribution < -0.4 is 5.32 Å². The highest BCUT2D eigenvalue weighted by atomic mass is 32.1. The Balaban J connectivity index is 1.84. The second kappa shape index (κ2) is 6.84. The molecule has 0 aromatic carbocycles. The minimum Gasteiger partial charge on any atom is -0.349 e. The molecule has 132 valence electrons. The normalized spacial score (nSPS) is 12.4. The number of aromatic nitrogens is 4. The number of amides is 1.